The first-order valence-electron chi connectivity index (χ1n) is 7.72. The Bertz CT molecular complexity index is 843. The second-order valence-electron chi connectivity index (χ2n) is 6.20. The van der Waals surface area contributed by atoms with Crippen molar-refractivity contribution < 1.29 is 22.0 Å². The van der Waals surface area contributed by atoms with E-state index in [2.05, 4.69) is 9.97 Å². The highest BCUT2D eigenvalue weighted by molar-refractivity contribution is 5.43. The third-order valence-electron chi connectivity index (χ3n) is 4.69. The Kier molecular flexibility index (Phi) is 4.17. The van der Waals surface area contributed by atoms with E-state index in [-0.39, 0.29) is 17.9 Å². The molecule has 0 saturated carbocycles. The molecule has 0 aliphatic heterocycles. The van der Waals surface area contributed by atoms with E-state index in [1.165, 1.54) is 6.92 Å². The average molecular weight is 358 g/mol. The quantitative estimate of drug-likeness (QED) is 0.825. The molecule has 3 rings (SSSR count). The number of hydrogen-bond acceptors (Lipinski definition) is 2. The zero-order chi connectivity index (χ0) is 18.4. The number of hydrogen-bond donors (Lipinski definition) is 1. The maximum Gasteiger partial charge on any atom is 0.458 e. The highest BCUT2D eigenvalue weighted by Crippen LogP contribution is 2.46. The standard InChI is InChI=1S/C17H15F5N2O/c1-9-13-8-11(10-4-6-23-7-5-10)2-3-12(13)14(15(25)24-9)16(18,19)17(20,21)22/h4-7,11H,2-3,8H2,1H3,(H,24,25). The minimum Gasteiger partial charge on any atom is -0.326 e. The molecular weight excluding hydrogens is 343 g/mol. The molecule has 2 heterocycles. The van der Waals surface area contributed by atoms with E-state index in [1.54, 1.807) is 24.5 Å². The lowest BCUT2D eigenvalue weighted by atomic mass is 9.78. The molecule has 1 aliphatic carbocycles. The van der Waals surface area contributed by atoms with E-state index in [4.69, 9.17) is 0 Å². The molecule has 0 radical (unpaired) electrons. The predicted molar refractivity (Wildman–Crippen MR) is 80.8 cm³/mol. The first-order chi connectivity index (χ1) is 11.6. The van der Waals surface area contributed by atoms with Gasteiger partial charge in [-0.05, 0) is 60.9 Å². The van der Waals surface area contributed by atoms with Gasteiger partial charge in [0.2, 0.25) is 0 Å². The zero-order valence-electron chi connectivity index (χ0n) is 13.3. The fourth-order valence-electron chi connectivity index (χ4n) is 3.44. The molecule has 1 aliphatic rings. The van der Waals surface area contributed by atoms with Crippen LogP contribution in [0.2, 0.25) is 0 Å². The van der Waals surface area contributed by atoms with Crippen LogP contribution < -0.4 is 5.56 Å². The third kappa shape index (κ3) is 2.94. The first-order valence-corrected chi connectivity index (χ1v) is 7.72. The second-order valence-corrected chi connectivity index (χ2v) is 6.20. The maximum absolute atomic E-state index is 13.9. The van der Waals surface area contributed by atoms with Crippen molar-refractivity contribution in [2.75, 3.05) is 0 Å². The maximum atomic E-state index is 13.9. The van der Waals surface area contributed by atoms with Crippen molar-refractivity contribution in [3.05, 3.63) is 62.8 Å². The fraction of sp³-hybridized carbons (Fsp3) is 0.412. The van der Waals surface area contributed by atoms with Crippen molar-refractivity contribution in [2.24, 2.45) is 0 Å². The van der Waals surface area contributed by atoms with Crippen molar-refractivity contribution in [1.29, 1.82) is 0 Å². The van der Waals surface area contributed by atoms with Crippen LogP contribution in [0.3, 0.4) is 0 Å². The molecule has 0 aromatic carbocycles. The monoisotopic (exact) mass is 358 g/mol. The number of halogens is 5. The number of rotatable bonds is 2. The molecule has 2 aromatic heterocycles. The molecule has 0 saturated heterocycles. The third-order valence-corrected chi connectivity index (χ3v) is 4.69. The van der Waals surface area contributed by atoms with Crippen LogP contribution in [0.1, 0.15) is 40.3 Å². The number of aryl methyl sites for hydroxylation is 1. The Hall–Kier alpha value is -2.25. The van der Waals surface area contributed by atoms with Gasteiger partial charge in [-0.1, -0.05) is 0 Å². The van der Waals surface area contributed by atoms with E-state index in [0.29, 0.717) is 24.1 Å². The van der Waals surface area contributed by atoms with E-state index in [1.807, 2.05) is 0 Å². The minimum atomic E-state index is -5.81. The van der Waals surface area contributed by atoms with Crippen LogP contribution in [0, 0.1) is 6.92 Å². The number of aromatic amines is 1. The normalized spacial score (nSPS) is 18.1. The van der Waals surface area contributed by atoms with Crippen LogP contribution in [0.15, 0.2) is 29.3 Å². The molecule has 0 amide bonds. The lowest BCUT2D eigenvalue weighted by molar-refractivity contribution is -0.290. The van der Waals surface area contributed by atoms with Crippen LogP contribution in [0.4, 0.5) is 22.0 Å². The summed E-state index contributed by atoms with van der Waals surface area (Å²) in [7, 11) is 0. The van der Waals surface area contributed by atoms with Gasteiger partial charge >= 0.3 is 12.1 Å². The van der Waals surface area contributed by atoms with Gasteiger partial charge in [0.1, 0.15) is 0 Å². The molecule has 2 aromatic rings. The van der Waals surface area contributed by atoms with Crippen molar-refractivity contribution in [2.45, 2.75) is 44.2 Å². The molecule has 3 nitrogen and oxygen atoms in total. The van der Waals surface area contributed by atoms with Crippen LogP contribution in [-0.2, 0) is 18.8 Å². The van der Waals surface area contributed by atoms with Gasteiger partial charge in [0.05, 0.1) is 5.56 Å². The summed E-state index contributed by atoms with van der Waals surface area (Å²) < 4.78 is 66.2. The van der Waals surface area contributed by atoms with Gasteiger partial charge in [-0.25, -0.2) is 0 Å². The summed E-state index contributed by atoms with van der Waals surface area (Å²) in [6.45, 7) is 1.52. The Morgan fingerprint density at radius 3 is 2.36 bits per heavy atom. The largest absolute Gasteiger partial charge is 0.458 e. The Labute approximate surface area is 139 Å². The van der Waals surface area contributed by atoms with Crippen LogP contribution >= 0.6 is 0 Å². The summed E-state index contributed by atoms with van der Waals surface area (Å²) in [6, 6.07) is 3.59. The number of fused-ring (bicyclic) bond motifs is 1. The molecular formula is C17H15F5N2O. The molecule has 0 bridgehead atoms. The van der Waals surface area contributed by atoms with E-state index in [9.17, 15) is 26.7 Å². The zero-order valence-corrected chi connectivity index (χ0v) is 13.3. The number of H-pyrrole nitrogens is 1. The molecule has 1 N–H and O–H groups in total. The topological polar surface area (TPSA) is 45.8 Å². The van der Waals surface area contributed by atoms with Gasteiger partial charge in [-0.2, -0.15) is 22.0 Å². The SMILES string of the molecule is Cc1[nH]c(=O)c(C(F)(F)C(F)(F)F)c2c1CC(c1ccncc1)CC2. The lowest BCUT2D eigenvalue weighted by Gasteiger charge is -2.30. The lowest BCUT2D eigenvalue weighted by Crippen LogP contribution is -2.41. The summed E-state index contributed by atoms with van der Waals surface area (Å²) in [5, 5.41) is 0. The molecule has 134 valence electrons. The van der Waals surface area contributed by atoms with Gasteiger partial charge < -0.3 is 4.98 Å². The number of pyridine rings is 2. The predicted octanol–water partition coefficient (Wildman–Crippen LogP) is 4.00. The Balaban J connectivity index is 2.11. The first kappa shape index (κ1) is 17.6. The molecule has 8 heteroatoms. The summed E-state index contributed by atoms with van der Waals surface area (Å²) in [5.41, 5.74) is -1.37. The summed E-state index contributed by atoms with van der Waals surface area (Å²) in [4.78, 5) is 18.0. The number of nitrogens with one attached hydrogen (secondary N) is 1. The minimum absolute atomic E-state index is 0.00587. The highest BCUT2D eigenvalue weighted by Gasteiger charge is 2.61. The Morgan fingerprint density at radius 1 is 1.12 bits per heavy atom. The molecule has 0 fully saturated rings. The molecule has 1 atom stereocenters. The van der Waals surface area contributed by atoms with Gasteiger partial charge in [0.15, 0.2) is 0 Å². The van der Waals surface area contributed by atoms with Crippen molar-refractivity contribution in [3.8, 4) is 0 Å². The summed E-state index contributed by atoms with van der Waals surface area (Å²) in [6.07, 6.45) is -1.93. The van der Waals surface area contributed by atoms with Crippen LogP contribution in [-0.4, -0.2) is 16.1 Å². The van der Waals surface area contributed by atoms with E-state index >= 15 is 0 Å². The second kappa shape index (κ2) is 5.93. The number of aromatic nitrogens is 2. The van der Waals surface area contributed by atoms with Gasteiger partial charge in [-0.15, -0.1) is 0 Å². The molecule has 1 unspecified atom stereocenters. The van der Waals surface area contributed by atoms with Crippen molar-refractivity contribution in [1.82, 2.24) is 9.97 Å². The smallest absolute Gasteiger partial charge is 0.326 e. The Morgan fingerprint density at radius 2 is 1.76 bits per heavy atom. The van der Waals surface area contributed by atoms with Gasteiger partial charge in [0.25, 0.3) is 5.56 Å². The number of alkyl halides is 5. The highest BCUT2D eigenvalue weighted by atomic mass is 19.4. The summed E-state index contributed by atoms with van der Waals surface area (Å²) >= 11 is 0. The fourth-order valence-corrected chi connectivity index (χ4v) is 3.44. The van der Waals surface area contributed by atoms with Crippen LogP contribution in [0.5, 0.6) is 0 Å². The molecule has 0 spiro atoms. The van der Waals surface area contributed by atoms with E-state index in [0.717, 1.165) is 5.56 Å². The average Bonchev–Trinajstić information content (AvgIpc) is 2.54. The summed E-state index contributed by atoms with van der Waals surface area (Å²) in [5.74, 6) is -5.20. The van der Waals surface area contributed by atoms with Gasteiger partial charge in [-0.3, -0.25) is 9.78 Å². The van der Waals surface area contributed by atoms with Crippen molar-refractivity contribution >= 4 is 0 Å². The molecule has 25 heavy (non-hydrogen) atoms. The number of nitrogens with zero attached hydrogens (tertiary/aromatic N) is 1. The van der Waals surface area contributed by atoms with E-state index < -0.39 is 23.2 Å². The van der Waals surface area contributed by atoms with Crippen LogP contribution in [0.25, 0.3) is 0 Å². The van der Waals surface area contributed by atoms with Gasteiger partial charge in [0, 0.05) is 18.1 Å². The van der Waals surface area contributed by atoms with Crippen molar-refractivity contribution in [3.63, 3.8) is 0 Å².